The molecule has 2 fully saturated rings. The predicted molar refractivity (Wildman–Crippen MR) is 92.7 cm³/mol. The van der Waals surface area contributed by atoms with E-state index >= 15 is 0 Å². The van der Waals surface area contributed by atoms with E-state index in [1.54, 1.807) is 0 Å². The van der Waals surface area contributed by atoms with Crippen LogP contribution in [-0.4, -0.2) is 53.5 Å². The predicted octanol–water partition coefficient (Wildman–Crippen LogP) is 3.28. The summed E-state index contributed by atoms with van der Waals surface area (Å²) in [6.07, 6.45) is -0.968. The van der Waals surface area contributed by atoms with Gasteiger partial charge in [0.1, 0.15) is 5.82 Å². The summed E-state index contributed by atoms with van der Waals surface area (Å²) in [7, 11) is 0. The Morgan fingerprint density at radius 3 is 2.52 bits per heavy atom. The summed E-state index contributed by atoms with van der Waals surface area (Å²) in [5.74, 6) is 2.91. The second-order valence-electron chi connectivity index (χ2n) is 6.53. The highest BCUT2D eigenvalue weighted by Gasteiger charge is 2.32. The second kappa shape index (κ2) is 7.85. The molecular weight excluding hydrogens is 351 g/mol. The molecule has 0 atom stereocenters. The van der Waals surface area contributed by atoms with Crippen LogP contribution in [0.3, 0.4) is 0 Å². The third-order valence-corrected chi connectivity index (χ3v) is 5.78. The van der Waals surface area contributed by atoms with Gasteiger partial charge in [0.05, 0.1) is 5.56 Å². The van der Waals surface area contributed by atoms with Gasteiger partial charge in [-0.3, -0.25) is 4.79 Å². The first-order valence-electron chi connectivity index (χ1n) is 8.57. The number of amides is 1. The van der Waals surface area contributed by atoms with E-state index in [4.69, 9.17) is 0 Å². The average molecular weight is 373 g/mol. The maximum absolute atomic E-state index is 12.8. The highest BCUT2D eigenvalue weighted by Crippen LogP contribution is 2.32. The van der Waals surface area contributed by atoms with E-state index in [-0.39, 0.29) is 5.91 Å². The Hall–Kier alpha value is -1.44. The monoisotopic (exact) mass is 373 g/mol. The number of rotatable bonds is 3. The van der Waals surface area contributed by atoms with Gasteiger partial charge in [-0.1, -0.05) is 0 Å². The fourth-order valence-electron chi connectivity index (χ4n) is 3.32. The zero-order valence-corrected chi connectivity index (χ0v) is 14.8. The van der Waals surface area contributed by atoms with Gasteiger partial charge in [-0.2, -0.15) is 24.9 Å². The topological polar surface area (TPSA) is 36.4 Å². The summed E-state index contributed by atoms with van der Waals surface area (Å²) in [5, 5.41) is 0. The summed E-state index contributed by atoms with van der Waals surface area (Å²) in [6.45, 7) is 2.94. The van der Waals surface area contributed by atoms with E-state index in [9.17, 15) is 18.0 Å². The summed E-state index contributed by atoms with van der Waals surface area (Å²) in [4.78, 5) is 20.2. The van der Waals surface area contributed by atoms with Crippen molar-refractivity contribution in [3.63, 3.8) is 0 Å². The molecule has 2 saturated heterocycles. The molecule has 2 aliphatic rings. The lowest BCUT2D eigenvalue weighted by Crippen LogP contribution is -2.40. The number of piperidine rings is 1. The van der Waals surface area contributed by atoms with Crippen molar-refractivity contribution in [1.82, 2.24) is 9.88 Å². The van der Waals surface area contributed by atoms with Crippen molar-refractivity contribution in [3.8, 4) is 0 Å². The normalized spacial score (nSPS) is 20.0. The highest BCUT2D eigenvalue weighted by molar-refractivity contribution is 7.99. The minimum Gasteiger partial charge on any atom is -0.357 e. The van der Waals surface area contributed by atoms with Crippen LogP contribution < -0.4 is 4.90 Å². The smallest absolute Gasteiger partial charge is 0.357 e. The van der Waals surface area contributed by atoms with Crippen LogP contribution in [0.15, 0.2) is 18.3 Å². The lowest BCUT2D eigenvalue weighted by atomic mass is 9.93. The van der Waals surface area contributed by atoms with Crippen LogP contribution in [0.4, 0.5) is 19.0 Å². The Morgan fingerprint density at radius 1 is 1.20 bits per heavy atom. The molecule has 0 aromatic carbocycles. The molecule has 1 amide bonds. The molecule has 1 aromatic rings. The molecule has 25 heavy (non-hydrogen) atoms. The van der Waals surface area contributed by atoms with E-state index in [1.165, 1.54) is 6.20 Å². The molecule has 0 bridgehead atoms. The number of thioether (sulfide) groups is 1. The van der Waals surface area contributed by atoms with Crippen LogP contribution in [0.5, 0.6) is 0 Å². The van der Waals surface area contributed by atoms with Crippen LogP contribution in [0.25, 0.3) is 0 Å². The van der Waals surface area contributed by atoms with E-state index in [2.05, 4.69) is 4.98 Å². The maximum Gasteiger partial charge on any atom is 0.416 e. The fraction of sp³-hybridized carbons (Fsp3) is 0.647. The average Bonchev–Trinajstić information content (AvgIpc) is 2.62. The van der Waals surface area contributed by atoms with Crippen LogP contribution >= 0.6 is 11.8 Å². The number of carbonyl (C=O) groups is 1. The van der Waals surface area contributed by atoms with Crippen molar-refractivity contribution in [1.29, 1.82) is 0 Å². The Bertz CT molecular complexity index is 597. The summed E-state index contributed by atoms with van der Waals surface area (Å²) >= 11 is 1.88. The van der Waals surface area contributed by atoms with Gasteiger partial charge in [0.25, 0.3) is 0 Å². The molecule has 2 aliphatic heterocycles. The van der Waals surface area contributed by atoms with Crippen LogP contribution in [-0.2, 0) is 11.0 Å². The largest absolute Gasteiger partial charge is 0.416 e. The van der Waals surface area contributed by atoms with Gasteiger partial charge in [-0.15, -0.1) is 0 Å². The first kappa shape index (κ1) is 18.4. The number of carbonyl (C=O) groups excluding carboxylic acids is 1. The standard InChI is InChI=1S/C17H22F3N3OS/c18-17(19,20)14-1-4-21-15(12-14)22-5-2-13(3-6-22)11-16(24)23-7-9-25-10-8-23/h1,4,12-13H,2-3,5-11H2. The molecule has 0 unspecified atom stereocenters. The minimum absolute atomic E-state index is 0.218. The Kier molecular flexibility index (Phi) is 5.76. The van der Waals surface area contributed by atoms with E-state index < -0.39 is 11.7 Å². The van der Waals surface area contributed by atoms with E-state index in [1.807, 2.05) is 21.6 Å². The van der Waals surface area contributed by atoms with Gasteiger partial charge in [0.15, 0.2) is 0 Å². The number of hydrogen-bond donors (Lipinski definition) is 0. The third kappa shape index (κ3) is 4.80. The quantitative estimate of drug-likeness (QED) is 0.815. The molecule has 0 saturated carbocycles. The molecule has 0 aliphatic carbocycles. The molecule has 0 N–H and O–H groups in total. The maximum atomic E-state index is 12.8. The second-order valence-corrected chi connectivity index (χ2v) is 7.75. The van der Waals surface area contributed by atoms with E-state index in [0.717, 1.165) is 49.6 Å². The Labute approximate surface area is 149 Å². The number of alkyl halides is 3. The third-order valence-electron chi connectivity index (χ3n) is 4.84. The number of nitrogens with zero attached hydrogens (tertiary/aromatic N) is 3. The van der Waals surface area contributed by atoms with Gasteiger partial charge in [0, 0.05) is 50.3 Å². The van der Waals surface area contributed by atoms with Crippen molar-refractivity contribution in [3.05, 3.63) is 23.9 Å². The zero-order valence-electron chi connectivity index (χ0n) is 14.0. The lowest BCUT2D eigenvalue weighted by molar-refractivity contribution is -0.137. The van der Waals surface area contributed by atoms with Gasteiger partial charge in [0.2, 0.25) is 5.91 Å². The molecule has 0 radical (unpaired) electrons. The van der Waals surface area contributed by atoms with Crippen LogP contribution in [0, 0.1) is 5.92 Å². The number of pyridine rings is 1. The van der Waals surface area contributed by atoms with Crippen molar-refractivity contribution in [2.24, 2.45) is 5.92 Å². The van der Waals surface area contributed by atoms with Crippen molar-refractivity contribution in [2.75, 3.05) is 42.6 Å². The first-order valence-corrected chi connectivity index (χ1v) is 9.72. The molecule has 0 spiro atoms. The van der Waals surface area contributed by atoms with Gasteiger partial charge in [-0.25, -0.2) is 4.98 Å². The number of aromatic nitrogens is 1. The SMILES string of the molecule is O=C(CC1CCN(c2cc(C(F)(F)F)ccn2)CC1)N1CCSCC1. The molecule has 3 rings (SSSR count). The molecule has 138 valence electrons. The molecular formula is C17H22F3N3OS. The van der Waals surface area contributed by atoms with Crippen molar-refractivity contribution < 1.29 is 18.0 Å². The summed E-state index contributed by atoms with van der Waals surface area (Å²) in [6, 6.07) is 2.10. The van der Waals surface area contributed by atoms with E-state index in [0.29, 0.717) is 31.2 Å². The Morgan fingerprint density at radius 2 is 1.88 bits per heavy atom. The Balaban J connectivity index is 1.52. The fourth-order valence-corrected chi connectivity index (χ4v) is 4.23. The summed E-state index contributed by atoms with van der Waals surface area (Å²) < 4.78 is 38.5. The number of halogens is 3. The van der Waals surface area contributed by atoms with Crippen LogP contribution in [0.1, 0.15) is 24.8 Å². The van der Waals surface area contributed by atoms with Crippen LogP contribution in [0.2, 0.25) is 0 Å². The highest BCUT2D eigenvalue weighted by atomic mass is 32.2. The van der Waals surface area contributed by atoms with Gasteiger partial charge < -0.3 is 9.80 Å². The molecule has 1 aromatic heterocycles. The number of anilines is 1. The van der Waals surface area contributed by atoms with Gasteiger partial charge in [-0.05, 0) is 30.9 Å². The minimum atomic E-state index is -4.35. The summed E-state index contributed by atoms with van der Waals surface area (Å²) in [5.41, 5.74) is -0.669. The molecule has 4 nitrogen and oxygen atoms in total. The van der Waals surface area contributed by atoms with Crippen molar-refractivity contribution in [2.45, 2.75) is 25.4 Å². The lowest BCUT2D eigenvalue weighted by Gasteiger charge is -2.34. The zero-order chi connectivity index (χ0) is 17.9. The number of hydrogen-bond acceptors (Lipinski definition) is 4. The first-order chi connectivity index (χ1) is 11.9. The van der Waals surface area contributed by atoms with Crippen molar-refractivity contribution >= 4 is 23.5 Å². The molecule has 3 heterocycles. The molecule has 8 heteroatoms. The van der Waals surface area contributed by atoms with Gasteiger partial charge >= 0.3 is 6.18 Å².